The van der Waals surface area contributed by atoms with E-state index < -0.39 is 0 Å². The maximum absolute atomic E-state index is 11.6. The third kappa shape index (κ3) is 1.37. The summed E-state index contributed by atoms with van der Waals surface area (Å²) in [6.45, 7) is 0. The third-order valence-electron chi connectivity index (χ3n) is 2.06. The number of nitrogens with zero attached hydrogens (tertiary/aromatic N) is 1. The molecular formula is C11H11NO2. The highest BCUT2D eigenvalue weighted by atomic mass is 16.4. The van der Waals surface area contributed by atoms with Crippen LogP contribution in [0.5, 0.6) is 0 Å². The van der Waals surface area contributed by atoms with Crippen LogP contribution in [0.15, 0.2) is 39.5 Å². The number of rotatable bonds is 1. The number of fused-ring (bicyclic) bond motifs is 1. The average Bonchev–Trinajstić information content (AvgIpc) is 2.17. The maximum atomic E-state index is 11.6. The molecule has 0 radical (unpaired) electrons. The number of anilines is 1. The maximum Gasteiger partial charge on any atom is 0.199 e. The van der Waals surface area contributed by atoms with Crippen molar-refractivity contribution in [3.63, 3.8) is 0 Å². The van der Waals surface area contributed by atoms with Crippen molar-refractivity contribution in [1.29, 1.82) is 0 Å². The van der Waals surface area contributed by atoms with Gasteiger partial charge in [0.2, 0.25) is 0 Å². The molecule has 72 valence electrons. The molecule has 0 atom stereocenters. The Morgan fingerprint density at radius 1 is 1.21 bits per heavy atom. The summed E-state index contributed by atoms with van der Waals surface area (Å²) in [5.41, 5.74) is 0.624. The van der Waals surface area contributed by atoms with Crippen molar-refractivity contribution >= 4 is 16.9 Å². The van der Waals surface area contributed by atoms with Gasteiger partial charge in [-0.05, 0) is 12.1 Å². The first kappa shape index (κ1) is 8.81. The van der Waals surface area contributed by atoms with E-state index in [-0.39, 0.29) is 5.43 Å². The lowest BCUT2D eigenvalue weighted by atomic mass is 10.2. The van der Waals surface area contributed by atoms with Crippen molar-refractivity contribution in [2.75, 3.05) is 19.0 Å². The van der Waals surface area contributed by atoms with Gasteiger partial charge in [0.15, 0.2) is 11.3 Å². The van der Waals surface area contributed by atoms with Crippen molar-refractivity contribution in [1.82, 2.24) is 0 Å². The summed E-state index contributed by atoms with van der Waals surface area (Å²) in [5.74, 6) is 0.578. The largest absolute Gasteiger partial charge is 0.440 e. The van der Waals surface area contributed by atoms with Gasteiger partial charge in [0.25, 0.3) is 0 Å². The lowest BCUT2D eigenvalue weighted by Gasteiger charge is -2.10. The minimum atomic E-state index is -0.00412. The highest BCUT2D eigenvalue weighted by Gasteiger charge is 2.04. The fourth-order valence-corrected chi connectivity index (χ4v) is 1.31. The van der Waals surface area contributed by atoms with Crippen LogP contribution in [-0.2, 0) is 0 Å². The molecule has 3 heteroatoms. The second-order valence-corrected chi connectivity index (χ2v) is 3.34. The first-order valence-electron chi connectivity index (χ1n) is 4.39. The van der Waals surface area contributed by atoms with Crippen molar-refractivity contribution in [2.45, 2.75) is 0 Å². The predicted octanol–water partition coefficient (Wildman–Crippen LogP) is 1.86. The number of benzene rings is 1. The summed E-state index contributed by atoms with van der Waals surface area (Å²) < 4.78 is 5.53. The quantitative estimate of drug-likeness (QED) is 0.686. The molecule has 0 N–H and O–H groups in total. The van der Waals surface area contributed by atoms with E-state index in [9.17, 15) is 4.79 Å². The van der Waals surface area contributed by atoms with E-state index in [0.29, 0.717) is 16.9 Å². The molecule has 3 nitrogen and oxygen atoms in total. The minimum Gasteiger partial charge on any atom is -0.440 e. The lowest BCUT2D eigenvalue weighted by molar-refractivity contribution is 0.597. The van der Waals surface area contributed by atoms with Gasteiger partial charge in [0.05, 0.1) is 5.39 Å². The smallest absolute Gasteiger partial charge is 0.199 e. The fraction of sp³-hybridized carbons (Fsp3) is 0.182. The van der Waals surface area contributed by atoms with Crippen molar-refractivity contribution < 1.29 is 4.42 Å². The SMILES string of the molecule is CN(C)c1cc(=O)c2ccccc2o1. The Kier molecular flexibility index (Phi) is 2.00. The summed E-state index contributed by atoms with van der Waals surface area (Å²) in [6, 6.07) is 8.74. The van der Waals surface area contributed by atoms with E-state index in [1.165, 1.54) is 6.07 Å². The molecule has 2 rings (SSSR count). The van der Waals surface area contributed by atoms with Gasteiger partial charge in [-0.15, -0.1) is 0 Å². The van der Waals surface area contributed by atoms with Gasteiger partial charge >= 0.3 is 0 Å². The Morgan fingerprint density at radius 3 is 2.64 bits per heavy atom. The predicted molar refractivity (Wildman–Crippen MR) is 56.8 cm³/mol. The van der Waals surface area contributed by atoms with Gasteiger partial charge in [-0.25, -0.2) is 0 Å². The molecule has 0 spiro atoms. The van der Waals surface area contributed by atoms with Gasteiger partial charge in [-0.2, -0.15) is 0 Å². The van der Waals surface area contributed by atoms with Gasteiger partial charge in [0.1, 0.15) is 5.58 Å². The highest BCUT2D eigenvalue weighted by Crippen LogP contribution is 2.16. The molecule has 0 amide bonds. The van der Waals surface area contributed by atoms with Crippen LogP contribution < -0.4 is 10.3 Å². The molecule has 0 unspecified atom stereocenters. The monoisotopic (exact) mass is 189 g/mol. The van der Waals surface area contributed by atoms with Crippen LogP contribution in [0.1, 0.15) is 0 Å². The van der Waals surface area contributed by atoms with Crippen molar-refractivity contribution in [3.8, 4) is 0 Å². The molecule has 1 aromatic heterocycles. The Labute approximate surface area is 81.6 Å². The number of para-hydroxylation sites is 1. The second-order valence-electron chi connectivity index (χ2n) is 3.34. The van der Waals surface area contributed by atoms with E-state index in [2.05, 4.69) is 0 Å². The molecule has 1 aromatic carbocycles. The topological polar surface area (TPSA) is 33.5 Å². The van der Waals surface area contributed by atoms with Gasteiger partial charge < -0.3 is 9.32 Å². The summed E-state index contributed by atoms with van der Waals surface area (Å²) in [6.07, 6.45) is 0. The van der Waals surface area contributed by atoms with Crippen LogP contribution in [0, 0.1) is 0 Å². The molecule has 0 fully saturated rings. The van der Waals surface area contributed by atoms with E-state index in [1.807, 2.05) is 26.2 Å². The molecule has 0 aliphatic heterocycles. The van der Waals surface area contributed by atoms with Crippen LogP contribution in [0.4, 0.5) is 5.88 Å². The summed E-state index contributed by atoms with van der Waals surface area (Å²) in [5, 5.41) is 0.623. The molecule has 0 bridgehead atoms. The summed E-state index contributed by atoms with van der Waals surface area (Å²) in [7, 11) is 3.68. The zero-order chi connectivity index (χ0) is 10.1. The molecule has 0 saturated heterocycles. The Hall–Kier alpha value is -1.77. The van der Waals surface area contributed by atoms with Crippen LogP contribution in [0.3, 0.4) is 0 Å². The van der Waals surface area contributed by atoms with Gasteiger partial charge in [-0.1, -0.05) is 12.1 Å². The molecule has 1 heterocycles. The fourth-order valence-electron chi connectivity index (χ4n) is 1.31. The van der Waals surface area contributed by atoms with Gasteiger partial charge in [0, 0.05) is 20.2 Å². The lowest BCUT2D eigenvalue weighted by Crippen LogP contribution is -2.12. The number of hydrogen-bond acceptors (Lipinski definition) is 3. The van der Waals surface area contributed by atoms with Gasteiger partial charge in [-0.3, -0.25) is 4.79 Å². The molecule has 2 aromatic rings. The molecule has 0 aliphatic carbocycles. The third-order valence-corrected chi connectivity index (χ3v) is 2.06. The normalized spacial score (nSPS) is 10.4. The second kappa shape index (κ2) is 3.18. The van der Waals surface area contributed by atoms with E-state index in [0.717, 1.165) is 0 Å². The first-order chi connectivity index (χ1) is 6.68. The van der Waals surface area contributed by atoms with Crippen LogP contribution in [0.2, 0.25) is 0 Å². The zero-order valence-corrected chi connectivity index (χ0v) is 8.15. The Morgan fingerprint density at radius 2 is 1.93 bits per heavy atom. The molecule has 0 aliphatic rings. The van der Waals surface area contributed by atoms with E-state index in [1.54, 1.807) is 17.0 Å². The Balaban J connectivity index is 2.79. The standard InChI is InChI=1S/C11H11NO2/c1-12(2)11-7-9(13)8-5-3-4-6-10(8)14-11/h3-7H,1-2H3. The molecule has 14 heavy (non-hydrogen) atoms. The van der Waals surface area contributed by atoms with Crippen molar-refractivity contribution in [2.24, 2.45) is 0 Å². The highest BCUT2D eigenvalue weighted by molar-refractivity contribution is 5.77. The summed E-state index contributed by atoms with van der Waals surface area (Å²) >= 11 is 0. The van der Waals surface area contributed by atoms with E-state index >= 15 is 0 Å². The summed E-state index contributed by atoms with van der Waals surface area (Å²) in [4.78, 5) is 13.4. The first-order valence-corrected chi connectivity index (χ1v) is 4.39. The average molecular weight is 189 g/mol. The van der Waals surface area contributed by atoms with Crippen molar-refractivity contribution in [3.05, 3.63) is 40.6 Å². The number of hydrogen-bond donors (Lipinski definition) is 0. The Bertz CT molecular complexity index is 514. The minimum absolute atomic E-state index is 0.00412. The van der Waals surface area contributed by atoms with E-state index in [4.69, 9.17) is 4.42 Å². The molecular weight excluding hydrogens is 178 g/mol. The van der Waals surface area contributed by atoms with Crippen LogP contribution >= 0.6 is 0 Å². The van der Waals surface area contributed by atoms with Crippen LogP contribution in [-0.4, -0.2) is 14.1 Å². The van der Waals surface area contributed by atoms with Crippen LogP contribution in [0.25, 0.3) is 11.0 Å². The molecule has 0 saturated carbocycles. The zero-order valence-electron chi connectivity index (χ0n) is 8.15.